The maximum atomic E-state index is 11.6. The molecule has 0 spiro atoms. The molecule has 0 saturated carbocycles. The number of aryl methyl sites for hydroxylation is 1. The van der Waals surface area contributed by atoms with Gasteiger partial charge in [-0.1, -0.05) is 20.8 Å². The van der Waals surface area contributed by atoms with E-state index in [0.717, 1.165) is 11.5 Å². The van der Waals surface area contributed by atoms with Gasteiger partial charge in [0.05, 0.1) is 5.69 Å². The van der Waals surface area contributed by atoms with Crippen molar-refractivity contribution in [3.05, 3.63) is 17.8 Å². The molecule has 0 unspecified atom stereocenters. The lowest BCUT2D eigenvalue weighted by atomic mass is 9.96. The van der Waals surface area contributed by atoms with Crippen LogP contribution < -0.4 is 10.6 Å². The van der Waals surface area contributed by atoms with Crippen LogP contribution in [0.3, 0.4) is 0 Å². The first-order valence-electron chi connectivity index (χ1n) is 5.72. The van der Waals surface area contributed by atoms with Gasteiger partial charge in [0.2, 0.25) is 5.91 Å². The van der Waals surface area contributed by atoms with E-state index in [0.29, 0.717) is 13.1 Å². The molecule has 1 aromatic heterocycles. The molecule has 0 aliphatic heterocycles. The molecule has 0 atom stereocenters. The maximum absolute atomic E-state index is 11.6. The van der Waals surface area contributed by atoms with E-state index in [-0.39, 0.29) is 11.3 Å². The normalized spacial score (nSPS) is 11.1. The van der Waals surface area contributed by atoms with E-state index in [1.807, 2.05) is 39.8 Å². The smallest absolute Gasteiger partial charge is 0.225 e. The third-order valence-corrected chi connectivity index (χ3v) is 2.20. The number of hydrogen-bond donors (Lipinski definition) is 2. The lowest BCUT2D eigenvalue weighted by Crippen LogP contribution is -2.37. The number of nitrogens with zero attached hydrogens (tertiary/aromatic N) is 2. The molecule has 1 amide bonds. The van der Waals surface area contributed by atoms with Crippen LogP contribution in [0, 0.1) is 12.3 Å². The summed E-state index contributed by atoms with van der Waals surface area (Å²) in [6, 6.07) is 3.76. The van der Waals surface area contributed by atoms with Crippen LogP contribution in [0.25, 0.3) is 0 Å². The van der Waals surface area contributed by atoms with Gasteiger partial charge in [0.25, 0.3) is 0 Å². The Morgan fingerprint density at radius 2 is 1.94 bits per heavy atom. The second kappa shape index (κ2) is 5.61. The quantitative estimate of drug-likeness (QED) is 0.775. The molecule has 17 heavy (non-hydrogen) atoms. The Morgan fingerprint density at radius 1 is 1.24 bits per heavy atom. The standard InChI is InChI=1S/C12H20N4O/c1-9-5-6-10(16-15-9)13-7-8-14-11(17)12(2,3)4/h5-6H,7-8H2,1-4H3,(H,13,16)(H,14,17). The van der Waals surface area contributed by atoms with Crippen molar-refractivity contribution >= 4 is 11.7 Å². The van der Waals surface area contributed by atoms with Crippen molar-refractivity contribution in [2.24, 2.45) is 5.41 Å². The second-order valence-corrected chi connectivity index (χ2v) is 4.99. The predicted molar refractivity (Wildman–Crippen MR) is 67.7 cm³/mol. The van der Waals surface area contributed by atoms with Gasteiger partial charge in [0.1, 0.15) is 5.82 Å². The first-order valence-corrected chi connectivity index (χ1v) is 5.72. The van der Waals surface area contributed by atoms with Crippen molar-refractivity contribution in [2.45, 2.75) is 27.7 Å². The summed E-state index contributed by atoms with van der Waals surface area (Å²) >= 11 is 0. The van der Waals surface area contributed by atoms with Crippen LogP contribution in [0.5, 0.6) is 0 Å². The summed E-state index contributed by atoms with van der Waals surface area (Å²) in [7, 11) is 0. The fraction of sp³-hybridized carbons (Fsp3) is 0.583. The molecule has 0 aliphatic rings. The summed E-state index contributed by atoms with van der Waals surface area (Å²) in [5, 5.41) is 13.8. The first-order chi connectivity index (χ1) is 7.89. The molecule has 0 saturated heterocycles. The topological polar surface area (TPSA) is 66.9 Å². The van der Waals surface area contributed by atoms with Gasteiger partial charge >= 0.3 is 0 Å². The van der Waals surface area contributed by atoms with E-state index in [4.69, 9.17) is 0 Å². The molecule has 1 heterocycles. The van der Waals surface area contributed by atoms with Crippen LogP contribution in [-0.2, 0) is 4.79 Å². The van der Waals surface area contributed by atoms with Crippen molar-refractivity contribution in [1.82, 2.24) is 15.5 Å². The minimum absolute atomic E-state index is 0.0503. The molecule has 5 heteroatoms. The molecular weight excluding hydrogens is 216 g/mol. The van der Waals surface area contributed by atoms with Gasteiger partial charge in [0, 0.05) is 18.5 Å². The summed E-state index contributed by atoms with van der Waals surface area (Å²) in [6.45, 7) is 8.77. The Labute approximate surface area is 102 Å². The van der Waals surface area contributed by atoms with Gasteiger partial charge < -0.3 is 10.6 Å². The van der Waals surface area contributed by atoms with Gasteiger partial charge in [-0.05, 0) is 19.1 Å². The summed E-state index contributed by atoms with van der Waals surface area (Å²) < 4.78 is 0. The highest BCUT2D eigenvalue weighted by molar-refractivity contribution is 5.81. The highest BCUT2D eigenvalue weighted by Gasteiger charge is 2.20. The molecular formula is C12H20N4O. The molecule has 1 aromatic rings. The van der Waals surface area contributed by atoms with E-state index in [1.165, 1.54) is 0 Å². The Bertz CT molecular complexity index is 367. The van der Waals surface area contributed by atoms with E-state index in [9.17, 15) is 4.79 Å². The van der Waals surface area contributed by atoms with Crippen LogP contribution in [0.15, 0.2) is 12.1 Å². The predicted octanol–water partition coefficient (Wildman–Crippen LogP) is 1.36. The molecule has 2 N–H and O–H groups in total. The van der Waals surface area contributed by atoms with Crippen molar-refractivity contribution in [2.75, 3.05) is 18.4 Å². The van der Waals surface area contributed by atoms with Crippen LogP contribution >= 0.6 is 0 Å². The van der Waals surface area contributed by atoms with E-state index < -0.39 is 0 Å². The van der Waals surface area contributed by atoms with Gasteiger partial charge in [0.15, 0.2) is 0 Å². The zero-order valence-corrected chi connectivity index (χ0v) is 10.9. The minimum atomic E-state index is -0.344. The molecule has 0 radical (unpaired) electrons. The summed E-state index contributed by atoms with van der Waals surface area (Å²) in [4.78, 5) is 11.6. The molecule has 0 aromatic carbocycles. The highest BCUT2D eigenvalue weighted by atomic mass is 16.2. The van der Waals surface area contributed by atoms with Crippen LogP contribution in [0.4, 0.5) is 5.82 Å². The molecule has 0 fully saturated rings. The number of anilines is 1. The minimum Gasteiger partial charge on any atom is -0.367 e. The molecule has 94 valence electrons. The fourth-order valence-corrected chi connectivity index (χ4v) is 1.12. The maximum Gasteiger partial charge on any atom is 0.225 e. The van der Waals surface area contributed by atoms with Gasteiger partial charge in [-0.3, -0.25) is 4.79 Å². The van der Waals surface area contributed by atoms with E-state index in [1.54, 1.807) is 0 Å². The highest BCUT2D eigenvalue weighted by Crippen LogP contribution is 2.11. The lowest BCUT2D eigenvalue weighted by molar-refractivity contribution is -0.128. The fourth-order valence-electron chi connectivity index (χ4n) is 1.12. The number of nitrogens with one attached hydrogen (secondary N) is 2. The third-order valence-electron chi connectivity index (χ3n) is 2.20. The molecule has 0 aliphatic carbocycles. The molecule has 1 rings (SSSR count). The SMILES string of the molecule is Cc1ccc(NCCNC(=O)C(C)(C)C)nn1. The van der Waals surface area contributed by atoms with Crippen LogP contribution in [0.1, 0.15) is 26.5 Å². The van der Waals surface area contributed by atoms with Crippen molar-refractivity contribution in [1.29, 1.82) is 0 Å². The number of aromatic nitrogens is 2. The Kier molecular flexibility index (Phi) is 4.43. The Balaban J connectivity index is 2.25. The van der Waals surface area contributed by atoms with Crippen LogP contribution in [0.2, 0.25) is 0 Å². The Hall–Kier alpha value is -1.65. The van der Waals surface area contributed by atoms with E-state index >= 15 is 0 Å². The molecule has 0 bridgehead atoms. The van der Waals surface area contributed by atoms with Crippen molar-refractivity contribution in [3.63, 3.8) is 0 Å². The van der Waals surface area contributed by atoms with Gasteiger partial charge in [-0.2, -0.15) is 5.10 Å². The van der Waals surface area contributed by atoms with Gasteiger partial charge in [-0.25, -0.2) is 0 Å². The van der Waals surface area contributed by atoms with E-state index in [2.05, 4.69) is 20.8 Å². The van der Waals surface area contributed by atoms with Crippen LogP contribution in [-0.4, -0.2) is 29.2 Å². The van der Waals surface area contributed by atoms with Crippen molar-refractivity contribution in [3.8, 4) is 0 Å². The van der Waals surface area contributed by atoms with Gasteiger partial charge in [-0.15, -0.1) is 5.10 Å². The monoisotopic (exact) mass is 236 g/mol. The lowest BCUT2D eigenvalue weighted by Gasteiger charge is -2.17. The third kappa shape index (κ3) is 4.80. The average molecular weight is 236 g/mol. The summed E-state index contributed by atoms with van der Waals surface area (Å²) in [5.74, 6) is 0.773. The Morgan fingerprint density at radius 3 is 2.47 bits per heavy atom. The average Bonchev–Trinajstić information content (AvgIpc) is 2.25. The number of carbonyl (C=O) groups is 1. The summed E-state index contributed by atoms with van der Waals surface area (Å²) in [5.41, 5.74) is 0.542. The number of rotatable bonds is 4. The zero-order valence-electron chi connectivity index (χ0n) is 10.9. The molecule has 5 nitrogen and oxygen atoms in total. The number of carbonyl (C=O) groups excluding carboxylic acids is 1. The number of hydrogen-bond acceptors (Lipinski definition) is 4. The second-order valence-electron chi connectivity index (χ2n) is 4.99. The largest absolute Gasteiger partial charge is 0.367 e. The van der Waals surface area contributed by atoms with Crippen molar-refractivity contribution < 1.29 is 4.79 Å². The first kappa shape index (κ1) is 13.4. The number of amides is 1. The summed E-state index contributed by atoms with van der Waals surface area (Å²) in [6.07, 6.45) is 0. The zero-order chi connectivity index (χ0) is 12.9.